The molecule has 5 aromatic carbocycles. The molecule has 0 saturated carbocycles. The predicted octanol–water partition coefficient (Wildman–Crippen LogP) is 6.30. The number of hydrogen-bond donors (Lipinski definition) is 2. The van der Waals surface area contributed by atoms with Gasteiger partial charge < -0.3 is 0 Å². The molecule has 5 aromatic rings. The molecule has 0 aliphatic carbocycles. The number of rotatable bonds is 6. The molecule has 0 unspecified atom stereocenters. The molecular weight excluding hydrogens is 472 g/mol. The van der Waals surface area contributed by atoms with Gasteiger partial charge in [-0.25, -0.2) is 10.9 Å². The minimum absolute atomic E-state index is 0.360. The predicted molar refractivity (Wildman–Crippen MR) is 154 cm³/mol. The number of carbonyl (C=O) groups excluding carboxylic acids is 2. The van der Waals surface area contributed by atoms with Crippen LogP contribution in [0.3, 0.4) is 0 Å². The molecule has 186 valence electrons. The summed E-state index contributed by atoms with van der Waals surface area (Å²) in [6, 6.07) is 34.4. The molecule has 0 atom stereocenters. The number of nitrogens with zero attached hydrogens (tertiary/aromatic N) is 2. The van der Waals surface area contributed by atoms with Crippen LogP contribution in [-0.2, 0) is 0 Å². The standard InChI is InChI=1S/C32H26N4O2/c1-21(27-15-7-11-23-9-3-5-13-29(23)27)33-35-31(37)25-17-19-26(20-18-25)32(38)36-34-22(2)28-16-8-12-24-10-4-6-14-30(24)28/h3-20H,1-2H3,(H,35,37)(H,36,38)/b33-21-,34-22-. The highest BCUT2D eigenvalue weighted by Crippen LogP contribution is 2.20. The summed E-state index contributed by atoms with van der Waals surface area (Å²) >= 11 is 0. The number of hydrazone groups is 2. The second-order valence-electron chi connectivity index (χ2n) is 8.91. The Morgan fingerprint density at radius 3 is 1.29 bits per heavy atom. The highest BCUT2D eigenvalue weighted by molar-refractivity contribution is 6.11. The maximum Gasteiger partial charge on any atom is 0.271 e. The zero-order valence-corrected chi connectivity index (χ0v) is 21.1. The van der Waals surface area contributed by atoms with Crippen LogP contribution in [0.1, 0.15) is 45.7 Å². The van der Waals surface area contributed by atoms with Crippen molar-refractivity contribution in [3.8, 4) is 0 Å². The Morgan fingerprint density at radius 2 is 0.868 bits per heavy atom. The lowest BCUT2D eigenvalue weighted by molar-refractivity contribution is 0.0943. The summed E-state index contributed by atoms with van der Waals surface area (Å²) in [6.07, 6.45) is 0. The van der Waals surface area contributed by atoms with Gasteiger partial charge in [0.1, 0.15) is 0 Å². The van der Waals surface area contributed by atoms with Gasteiger partial charge in [0.05, 0.1) is 11.4 Å². The highest BCUT2D eigenvalue weighted by atomic mass is 16.2. The second kappa shape index (κ2) is 10.9. The van der Waals surface area contributed by atoms with Crippen LogP contribution < -0.4 is 10.9 Å². The molecule has 5 rings (SSSR count). The molecule has 6 heteroatoms. The molecule has 38 heavy (non-hydrogen) atoms. The summed E-state index contributed by atoms with van der Waals surface area (Å²) in [7, 11) is 0. The largest absolute Gasteiger partial charge is 0.271 e. The van der Waals surface area contributed by atoms with E-state index in [4.69, 9.17) is 0 Å². The molecule has 0 bridgehead atoms. The third kappa shape index (κ3) is 5.20. The SMILES string of the molecule is C/C(=N/NC(=O)c1ccc(C(=O)N/N=C(/C)c2cccc3ccccc23)cc1)c1cccc2ccccc12. The Kier molecular flexibility index (Phi) is 7.04. The summed E-state index contributed by atoms with van der Waals surface area (Å²) in [5.41, 5.74) is 9.32. The molecule has 2 amide bonds. The van der Waals surface area contributed by atoms with Crippen LogP contribution in [0.25, 0.3) is 21.5 Å². The summed E-state index contributed by atoms with van der Waals surface area (Å²) in [6.45, 7) is 3.71. The van der Waals surface area contributed by atoms with Gasteiger partial charge in [-0.05, 0) is 59.7 Å². The van der Waals surface area contributed by atoms with E-state index in [9.17, 15) is 9.59 Å². The summed E-state index contributed by atoms with van der Waals surface area (Å²) < 4.78 is 0. The van der Waals surface area contributed by atoms with Gasteiger partial charge in [0, 0.05) is 22.3 Å². The molecule has 0 aromatic heterocycles. The van der Waals surface area contributed by atoms with Gasteiger partial charge in [-0.3, -0.25) is 9.59 Å². The van der Waals surface area contributed by atoms with Crippen molar-refractivity contribution in [2.75, 3.05) is 0 Å². The first-order valence-corrected chi connectivity index (χ1v) is 12.3. The number of amides is 2. The number of hydrogen-bond acceptors (Lipinski definition) is 4. The van der Waals surface area contributed by atoms with Crippen molar-refractivity contribution in [2.45, 2.75) is 13.8 Å². The molecule has 0 saturated heterocycles. The molecule has 0 aliphatic heterocycles. The van der Waals surface area contributed by atoms with Crippen molar-refractivity contribution in [3.63, 3.8) is 0 Å². The lowest BCUT2D eigenvalue weighted by atomic mass is 10.0. The number of benzene rings is 5. The number of carbonyl (C=O) groups is 2. The van der Waals surface area contributed by atoms with Crippen LogP contribution in [-0.4, -0.2) is 23.2 Å². The van der Waals surface area contributed by atoms with Crippen molar-refractivity contribution in [1.82, 2.24) is 10.9 Å². The third-order valence-corrected chi connectivity index (χ3v) is 6.42. The van der Waals surface area contributed by atoms with Gasteiger partial charge in [0.2, 0.25) is 0 Å². The Morgan fingerprint density at radius 1 is 0.500 bits per heavy atom. The van der Waals surface area contributed by atoms with E-state index in [0.717, 1.165) is 32.7 Å². The zero-order chi connectivity index (χ0) is 26.5. The topological polar surface area (TPSA) is 82.9 Å². The molecule has 0 aliphatic rings. The first kappa shape index (κ1) is 24.6. The zero-order valence-electron chi connectivity index (χ0n) is 21.1. The van der Waals surface area contributed by atoms with Gasteiger partial charge in [-0.15, -0.1) is 0 Å². The van der Waals surface area contributed by atoms with Gasteiger partial charge in [-0.1, -0.05) is 84.9 Å². The smallest absolute Gasteiger partial charge is 0.267 e. The van der Waals surface area contributed by atoms with E-state index in [1.165, 1.54) is 0 Å². The number of nitrogens with one attached hydrogen (secondary N) is 2. The Balaban J connectivity index is 1.24. The van der Waals surface area contributed by atoms with Crippen LogP contribution in [0.5, 0.6) is 0 Å². The monoisotopic (exact) mass is 498 g/mol. The average Bonchev–Trinajstić information content (AvgIpc) is 2.97. The van der Waals surface area contributed by atoms with Gasteiger partial charge >= 0.3 is 0 Å². The Hall–Kier alpha value is -5.10. The van der Waals surface area contributed by atoms with Crippen molar-refractivity contribution >= 4 is 44.8 Å². The molecule has 2 N–H and O–H groups in total. The normalized spacial score (nSPS) is 11.9. The average molecular weight is 499 g/mol. The molecule has 0 radical (unpaired) electrons. The van der Waals surface area contributed by atoms with Crippen molar-refractivity contribution in [1.29, 1.82) is 0 Å². The van der Waals surface area contributed by atoms with E-state index in [2.05, 4.69) is 21.1 Å². The van der Waals surface area contributed by atoms with Crippen LogP contribution in [0.15, 0.2) is 119 Å². The minimum Gasteiger partial charge on any atom is -0.267 e. The molecule has 0 spiro atoms. The first-order chi connectivity index (χ1) is 18.5. The fourth-order valence-electron chi connectivity index (χ4n) is 4.37. The van der Waals surface area contributed by atoms with Gasteiger partial charge in [0.15, 0.2) is 0 Å². The quantitative estimate of drug-likeness (QED) is 0.213. The first-order valence-electron chi connectivity index (χ1n) is 12.3. The van der Waals surface area contributed by atoms with E-state index in [1.54, 1.807) is 24.3 Å². The minimum atomic E-state index is -0.360. The van der Waals surface area contributed by atoms with Crippen molar-refractivity contribution < 1.29 is 9.59 Å². The van der Waals surface area contributed by atoms with E-state index in [0.29, 0.717) is 22.6 Å². The van der Waals surface area contributed by atoms with Crippen molar-refractivity contribution in [3.05, 3.63) is 131 Å². The third-order valence-electron chi connectivity index (χ3n) is 6.42. The van der Waals surface area contributed by atoms with Crippen LogP contribution in [0.4, 0.5) is 0 Å². The summed E-state index contributed by atoms with van der Waals surface area (Å²) in [5.74, 6) is -0.720. The maximum absolute atomic E-state index is 12.7. The van der Waals surface area contributed by atoms with Gasteiger partial charge in [-0.2, -0.15) is 10.2 Å². The van der Waals surface area contributed by atoms with Crippen LogP contribution in [0.2, 0.25) is 0 Å². The van der Waals surface area contributed by atoms with E-state index in [-0.39, 0.29) is 11.8 Å². The van der Waals surface area contributed by atoms with E-state index in [1.807, 2.05) is 98.8 Å². The van der Waals surface area contributed by atoms with E-state index < -0.39 is 0 Å². The second-order valence-corrected chi connectivity index (χ2v) is 8.91. The van der Waals surface area contributed by atoms with Crippen molar-refractivity contribution in [2.24, 2.45) is 10.2 Å². The number of fused-ring (bicyclic) bond motifs is 2. The molecule has 0 fully saturated rings. The van der Waals surface area contributed by atoms with Gasteiger partial charge in [0.25, 0.3) is 11.8 Å². The summed E-state index contributed by atoms with van der Waals surface area (Å²) in [5, 5.41) is 12.9. The van der Waals surface area contributed by atoms with Crippen LogP contribution in [0, 0.1) is 0 Å². The fraction of sp³-hybridized carbons (Fsp3) is 0.0625. The van der Waals surface area contributed by atoms with Crippen LogP contribution >= 0.6 is 0 Å². The fourth-order valence-corrected chi connectivity index (χ4v) is 4.37. The highest BCUT2D eigenvalue weighted by Gasteiger charge is 2.10. The lowest BCUT2D eigenvalue weighted by Crippen LogP contribution is -2.21. The Labute approximate surface area is 220 Å². The Bertz CT molecular complexity index is 1580. The van der Waals surface area contributed by atoms with E-state index >= 15 is 0 Å². The molecule has 6 nitrogen and oxygen atoms in total. The maximum atomic E-state index is 12.7. The summed E-state index contributed by atoms with van der Waals surface area (Å²) in [4.78, 5) is 25.3. The molecule has 0 heterocycles. The lowest BCUT2D eigenvalue weighted by Gasteiger charge is -2.08. The molecular formula is C32H26N4O2.